The average Bonchev–Trinajstić information content (AvgIpc) is 3.39. The van der Waals surface area contributed by atoms with Crippen LogP contribution in [0.4, 0.5) is 4.79 Å². The highest BCUT2D eigenvalue weighted by molar-refractivity contribution is 9.10. The summed E-state index contributed by atoms with van der Waals surface area (Å²) >= 11 is 3.41. The zero-order chi connectivity index (χ0) is 22.9. The number of aliphatic hydroxyl groups is 2. The van der Waals surface area contributed by atoms with Crippen LogP contribution in [0.3, 0.4) is 0 Å². The Kier molecular flexibility index (Phi) is 5.93. The first-order chi connectivity index (χ1) is 16.0. The molecular weight excluding hydrogens is 484 g/mol. The van der Waals surface area contributed by atoms with Crippen LogP contribution in [0.25, 0.3) is 22.0 Å². The highest BCUT2D eigenvalue weighted by Gasteiger charge is 2.29. The van der Waals surface area contributed by atoms with Crippen LogP contribution in [-0.2, 0) is 4.74 Å². The maximum Gasteiger partial charge on any atom is 0.407 e. The minimum atomic E-state index is -1.19. The lowest BCUT2D eigenvalue weighted by molar-refractivity contribution is 0.0194. The van der Waals surface area contributed by atoms with E-state index in [9.17, 15) is 15.0 Å². The van der Waals surface area contributed by atoms with Crippen molar-refractivity contribution in [3.8, 4) is 11.1 Å². The highest BCUT2D eigenvalue weighted by Crippen LogP contribution is 2.44. The van der Waals surface area contributed by atoms with Gasteiger partial charge in [0.15, 0.2) is 0 Å². The van der Waals surface area contributed by atoms with Gasteiger partial charge in [-0.05, 0) is 34.4 Å². The van der Waals surface area contributed by atoms with E-state index in [1.807, 2.05) is 42.5 Å². The zero-order valence-corrected chi connectivity index (χ0v) is 19.2. The molecule has 1 heterocycles. The number of carbonyl (C=O) groups excluding carboxylic acids is 1. The number of ether oxygens (including phenoxy) is 1. The Balaban J connectivity index is 1.20. The molecule has 168 valence electrons. The average molecular weight is 507 g/mol. The molecule has 2 atom stereocenters. The van der Waals surface area contributed by atoms with Crippen molar-refractivity contribution < 1.29 is 19.7 Å². The molecule has 6 nitrogen and oxygen atoms in total. The summed E-state index contributed by atoms with van der Waals surface area (Å²) in [6.07, 6.45) is -1.31. The predicted molar refractivity (Wildman–Crippen MR) is 130 cm³/mol. The van der Waals surface area contributed by atoms with Crippen LogP contribution in [0.1, 0.15) is 28.7 Å². The first kappa shape index (κ1) is 21.7. The standard InChI is InChI=1S/C26H23BrN2O4/c27-15-9-10-20-21(12-28-23(20)11-15)25(31)24(30)13-29-26(32)33-14-22-18-7-3-1-5-16(18)17-6-2-4-8-19(17)22/h1-12,22,24-25,28,30-31H,13-14H2,(H,29,32). The molecule has 0 saturated carbocycles. The fraction of sp³-hybridized carbons (Fsp3) is 0.192. The van der Waals surface area contributed by atoms with Gasteiger partial charge < -0.3 is 25.3 Å². The van der Waals surface area contributed by atoms with Crippen LogP contribution in [0.2, 0.25) is 0 Å². The van der Waals surface area contributed by atoms with Gasteiger partial charge in [0.25, 0.3) is 0 Å². The minimum absolute atomic E-state index is 0.0378. The number of fused-ring (bicyclic) bond motifs is 4. The van der Waals surface area contributed by atoms with E-state index in [4.69, 9.17) is 4.74 Å². The SMILES string of the molecule is O=C(NCC(O)C(O)c1c[nH]c2cc(Br)ccc12)OCC1c2ccccc2-c2ccccc21. The first-order valence-corrected chi connectivity index (χ1v) is 11.5. The van der Waals surface area contributed by atoms with E-state index in [1.165, 1.54) is 0 Å². The number of nitrogens with one attached hydrogen (secondary N) is 2. The molecule has 0 radical (unpaired) electrons. The van der Waals surface area contributed by atoms with Gasteiger partial charge in [0.05, 0.1) is 0 Å². The smallest absolute Gasteiger partial charge is 0.407 e. The number of carbonyl (C=O) groups is 1. The van der Waals surface area contributed by atoms with Crippen molar-refractivity contribution in [2.45, 2.75) is 18.1 Å². The Labute approximate surface area is 199 Å². The monoisotopic (exact) mass is 506 g/mol. The summed E-state index contributed by atoms with van der Waals surface area (Å²) in [6.45, 7) is 0.0525. The van der Waals surface area contributed by atoms with Crippen LogP contribution >= 0.6 is 15.9 Å². The number of hydrogen-bond donors (Lipinski definition) is 4. The summed E-state index contributed by atoms with van der Waals surface area (Å²) in [4.78, 5) is 15.4. The van der Waals surface area contributed by atoms with Crippen LogP contribution in [0.5, 0.6) is 0 Å². The normalized spacial score (nSPS) is 14.5. The van der Waals surface area contributed by atoms with Crippen molar-refractivity contribution >= 4 is 32.9 Å². The van der Waals surface area contributed by atoms with Gasteiger partial charge >= 0.3 is 6.09 Å². The molecule has 1 amide bonds. The molecule has 5 rings (SSSR count). The molecule has 4 N–H and O–H groups in total. The summed E-state index contributed by atoms with van der Waals surface area (Å²) in [5, 5.41) is 24.4. The fourth-order valence-corrected chi connectivity index (χ4v) is 4.88. The molecule has 1 aliphatic rings. The molecule has 7 heteroatoms. The number of aliphatic hydroxyl groups excluding tert-OH is 2. The number of hydrogen-bond acceptors (Lipinski definition) is 4. The maximum atomic E-state index is 12.3. The third-order valence-corrected chi connectivity index (χ3v) is 6.65. The van der Waals surface area contributed by atoms with E-state index in [0.29, 0.717) is 5.56 Å². The van der Waals surface area contributed by atoms with Gasteiger partial charge in [-0.2, -0.15) is 0 Å². The van der Waals surface area contributed by atoms with Crippen molar-refractivity contribution in [2.24, 2.45) is 0 Å². The summed E-state index contributed by atoms with van der Waals surface area (Å²) in [6, 6.07) is 21.9. The number of aromatic nitrogens is 1. The second-order valence-corrected chi connectivity index (χ2v) is 9.07. The number of amides is 1. The lowest BCUT2D eigenvalue weighted by Crippen LogP contribution is -2.36. The molecule has 1 aromatic heterocycles. The van der Waals surface area contributed by atoms with Gasteiger partial charge in [-0.1, -0.05) is 70.5 Å². The molecule has 33 heavy (non-hydrogen) atoms. The molecule has 0 spiro atoms. The van der Waals surface area contributed by atoms with E-state index < -0.39 is 18.3 Å². The second-order valence-electron chi connectivity index (χ2n) is 8.15. The van der Waals surface area contributed by atoms with E-state index >= 15 is 0 Å². The Morgan fingerprint density at radius 2 is 1.70 bits per heavy atom. The number of alkyl carbamates (subject to hydrolysis) is 1. The Bertz CT molecular complexity index is 1270. The molecule has 1 aliphatic carbocycles. The summed E-state index contributed by atoms with van der Waals surface area (Å²) in [5.74, 6) is -0.0378. The third-order valence-electron chi connectivity index (χ3n) is 6.16. The van der Waals surface area contributed by atoms with E-state index in [1.54, 1.807) is 6.20 Å². The summed E-state index contributed by atoms with van der Waals surface area (Å²) < 4.78 is 6.40. The van der Waals surface area contributed by atoms with Crippen LogP contribution in [-0.4, -0.2) is 40.5 Å². The Morgan fingerprint density at radius 1 is 1.03 bits per heavy atom. The molecule has 2 unspecified atom stereocenters. The highest BCUT2D eigenvalue weighted by atomic mass is 79.9. The number of rotatable bonds is 6. The van der Waals surface area contributed by atoms with Crippen molar-refractivity contribution in [2.75, 3.05) is 13.2 Å². The zero-order valence-electron chi connectivity index (χ0n) is 17.7. The maximum absolute atomic E-state index is 12.3. The van der Waals surface area contributed by atoms with Gasteiger partial charge in [0.2, 0.25) is 0 Å². The Morgan fingerprint density at radius 3 is 2.39 bits per heavy atom. The minimum Gasteiger partial charge on any atom is -0.449 e. The third kappa shape index (κ3) is 4.15. The number of halogens is 1. The molecule has 0 saturated heterocycles. The number of H-pyrrole nitrogens is 1. The lowest BCUT2D eigenvalue weighted by atomic mass is 9.98. The van der Waals surface area contributed by atoms with E-state index in [-0.39, 0.29) is 19.1 Å². The van der Waals surface area contributed by atoms with E-state index in [2.05, 4.69) is 50.5 Å². The van der Waals surface area contributed by atoms with Crippen molar-refractivity contribution in [3.05, 3.63) is 94.1 Å². The lowest BCUT2D eigenvalue weighted by Gasteiger charge is -2.19. The van der Waals surface area contributed by atoms with Crippen LogP contribution in [0.15, 0.2) is 77.4 Å². The van der Waals surface area contributed by atoms with Gasteiger partial charge in [-0.3, -0.25) is 0 Å². The quantitative estimate of drug-likeness (QED) is 0.300. The molecule has 3 aromatic carbocycles. The van der Waals surface area contributed by atoms with Crippen molar-refractivity contribution in [1.29, 1.82) is 0 Å². The van der Waals surface area contributed by atoms with Crippen LogP contribution < -0.4 is 5.32 Å². The topological polar surface area (TPSA) is 94.6 Å². The van der Waals surface area contributed by atoms with Crippen LogP contribution in [0, 0.1) is 0 Å². The fourth-order valence-electron chi connectivity index (χ4n) is 4.52. The summed E-state index contributed by atoms with van der Waals surface area (Å²) in [7, 11) is 0. The van der Waals surface area contributed by atoms with E-state index in [0.717, 1.165) is 37.6 Å². The van der Waals surface area contributed by atoms with Crippen molar-refractivity contribution in [3.63, 3.8) is 0 Å². The predicted octanol–water partition coefficient (Wildman–Crippen LogP) is 4.86. The van der Waals surface area contributed by atoms with Gasteiger partial charge in [0, 0.05) is 39.6 Å². The molecular formula is C26H23BrN2O4. The molecule has 0 aliphatic heterocycles. The molecule has 0 bridgehead atoms. The summed E-state index contributed by atoms with van der Waals surface area (Å²) in [5.41, 5.74) is 5.99. The number of benzene rings is 3. The van der Waals surface area contributed by atoms with Gasteiger partial charge in [-0.25, -0.2) is 4.79 Å². The van der Waals surface area contributed by atoms with Crippen molar-refractivity contribution in [1.82, 2.24) is 10.3 Å². The first-order valence-electron chi connectivity index (χ1n) is 10.7. The number of aromatic amines is 1. The van der Waals surface area contributed by atoms with Gasteiger partial charge in [-0.15, -0.1) is 0 Å². The largest absolute Gasteiger partial charge is 0.449 e. The molecule has 4 aromatic rings. The second kappa shape index (κ2) is 9.02. The van der Waals surface area contributed by atoms with Gasteiger partial charge in [0.1, 0.15) is 18.8 Å². The Hall–Kier alpha value is -3.13. The molecule has 0 fully saturated rings.